The number of benzene rings is 2. The van der Waals surface area contributed by atoms with E-state index in [-0.39, 0.29) is 29.8 Å². The Kier molecular flexibility index (Phi) is 5.08. The van der Waals surface area contributed by atoms with E-state index in [1.165, 1.54) is 5.56 Å². The lowest BCUT2D eigenvalue weighted by atomic mass is 10.1. The van der Waals surface area contributed by atoms with E-state index in [9.17, 15) is 13.2 Å². The van der Waals surface area contributed by atoms with Crippen molar-refractivity contribution in [2.75, 3.05) is 16.8 Å². The molecule has 1 amide bonds. The molecule has 0 unspecified atom stereocenters. The Bertz CT molecular complexity index is 842. The van der Waals surface area contributed by atoms with Crippen molar-refractivity contribution in [3.05, 3.63) is 54.1 Å². The maximum absolute atomic E-state index is 12.1. The molecule has 0 spiro atoms. The molecule has 0 saturated carbocycles. The summed E-state index contributed by atoms with van der Waals surface area (Å²) in [6.07, 6.45) is 0.805. The summed E-state index contributed by atoms with van der Waals surface area (Å²) in [6.45, 7) is 2.02. The van der Waals surface area contributed by atoms with Crippen LogP contribution >= 0.6 is 0 Å². The van der Waals surface area contributed by atoms with Crippen molar-refractivity contribution >= 4 is 21.4 Å². The van der Waals surface area contributed by atoms with Gasteiger partial charge >= 0.3 is 0 Å². The summed E-state index contributed by atoms with van der Waals surface area (Å²) in [4.78, 5) is 12.1. The molecule has 1 aliphatic heterocycles. The van der Waals surface area contributed by atoms with Crippen molar-refractivity contribution in [2.45, 2.75) is 19.8 Å². The van der Waals surface area contributed by atoms with E-state index in [1.807, 2.05) is 31.2 Å². The van der Waals surface area contributed by atoms with Crippen LogP contribution in [-0.4, -0.2) is 25.8 Å². The summed E-state index contributed by atoms with van der Waals surface area (Å²) in [5, 5.41) is 2.81. The summed E-state index contributed by atoms with van der Waals surface area (Å²) in [5.74, 6) is 1.51. The van der Waals surface area contributed by atoms with Gasteiger partial charge in [0.1, 0.15) is 11.5 Å². The largest absolute Gasteiger partial charge is 0.457 e. The van der Waals surface area contributed by atoms with E-state index in [2.05, 4.69) is 5.32 Å². The van der Waals surface area contributed by atoms with Gasteiger partial charge in [-0.1, -0.05) is 17.7 Å². The van der Waals surface area contributed by atoms with Crippen LogP contribution in [0, 0.1) is 12.8 Å². The average molecular weight is 359 g/mol. The number of ether oxygens (including phenoxy) is 1. The molecule has 1 atom stereocenters. The highest BCUT2D eigenvalue weighted by atomic mass is 32.2. The van der Waals surface area contributed by atoms with Crippen LogP contribution in [0.15, 0.2) is 48.5 Å². The minimum Gasteiger partial charge on any atom is -0.457 e. The molecule has 1 fully saturated rings. The second-order valence-electron chi connectivity index (χ2n) is 6.46. The van der Waals surface area contributed by atoms with Gasteiger partial charge in [-0.05, 0) is 55.7 Å². The molecule has 0 radical (unpaired) electrons. The van der Waals surface area contributed by atoms with E-state index < -0.39 is 9.84 Å². The van der Waals surface area contributed by atoms with Crippen LogP contribution in [0.2, 0.25) is 0 Å². The molecule has 0 aromatic heterocycles. The number of aryl methyl sites for hydroxylation is 1. The van der Waals surface area contributed by atoms with Crippen LogP contribution in [0.1, 0.15) is 18.4 Å². The van der Waals surface area contributed by atoms with Crippen molar-refractivity contribution in [3.63, 3.8) is 0 Å². The summed E-state index contributed by atoms with van der Waals surface area (Å²) >= 11 is 0. The predicted molar refractivity (Wildman–Crippen MR) is 97.7 cm³/mol. The highest BCUT2D eigenvalue weighted by Gasteiger charge is 2.29. The fourth-order valence-corrected chi connectivity index (χ4v) is 4.72. The third kappa shape index (κ3) is 5.06. The molecular formula is C19H21NO4S. The fourth-order valence-electron chi connectivity index (χ4n) is 2.86. The second-order valence-corrected chi connectivity index (χ2v) is 8.69. The lowest BCUT2D eigenvalue weighted by Gasteiger charge is -2.10. The van der Waals surface area contributed by atoms with E-state index in [0.717, 1.165) is 5.75 Å². The van der Waals surface area contributed by atoms with Gasteiger partial charge in [-0.3, -0.25) is 4.79 Å². The van der Waals surface area contributed by atoms with Gasteiger partial charge in [0.25, 0.3) is 0 Å². The number of rotatable bonds is 5. The fraction of sp³-hybridized carbons (Fsp3) is 0.316. The third-order valence-electron chi connectivity index (χ3n) is 4.20. The standard InChI is InChI=1S/C19H21NO4S/c1-14-2-6-17(7-3-14)24-18-8-4-16(5-9-18)20-19(21)12-15-10-11-25(22,23)13-15/h2-9,15H,10-13H2,1H3,(H,20,21)/t15-/m1/s1. The van der Waals surface area contributed by atoms with Crippen LogP contribution in [0.4, 0.5) is 5.69 Å². The molecule has 2 aromatic rings. The molecule has 0 aliphatic carbocycles. The molecule has 5 nitrogen and oxygen atoms in total. The Labute approximate surface area is 147 Å². The normalized spacial score (nSPS) is 18.7. The van der Waals surface area contributed by atoms with Gasteiger partial charge < -0.3 is 10.1 Å². The topological polar surface area (TPSA) is 72.5 Å². The van der Waals surface area contributed by atoms with E-state index in [0.29, 0.717) is 17.9 Å². The maximum atomic E-state index is 12.1. The zero-order valence-electron chi connectivity index (χ0n) is 14.1. The van der Waals surface area contributed by atoms with Gasteiger partial charge in [0.05, 0.1) is 11.5 Å². The zero-order valence-corrected chi connectivity index (χ0v) is 14.9. The Morgan fingerprint density at radius 3 is 2.24 bits per heavy atom. The Balaban J connectivity index is 1.53. The van der Waals surface area contributed by atoms with Crippen molar-refractivity contribution in [2.24, 2.45) is 5.92 Å². The van der Waals surface area contributed by atoms with E-state index in [4.69, 9.17) is 4.74 Å². The molecule has 2 aromatic carbocycles. The number of nitrogens with one attached hydrogen (secondary N) is 1. The van der Waals surface area contributed by atoms with Crippen LogP contribution < -0.4 is 10.1 Å². The number of sulfone groups is 1. The number of hydrogen-bond acceptors (Lipinski definition) is 4. The van der Waals surface area contributed by atoms with Gasteiger partial charge in [-0.25, -0.2) is 8.42 Å². The van der Waals surface area contributed by atoms with E-state index >= 15 is 0 Å². The minimum absolute atomic E-state index is 0.0749. The molecule has 1 N–H and O–H groups in total. The Morgan fingerprint density at radius 2 is 1.68 bits per heavy atom. The van der Waals surface area contributed by atoms with Crippen LogP contribution in [0.3, 0.4) is 0 Å². The summed E-state index contributed by atoms with van der Waals surface area (Å²) in [6, 6.07) is 14.9. The predicted octanol–water partition coefficient (Wildman–Crippen LogP) is 3.55. The molecule has 1 heterocycles. The molecule has 132 valence electrons. The van der Waals surface area contributed by atoms with Gasteiger partial charge in [0, 0.05) is 12.1 Å². The summed E-state index contributed by atoms with van der Waals surface area (Å²) in [7, 11) is -2.95. The lowest BCUT2D eigenvalue weighted by Crippen LogP contribution is -2.17. The molecule has 0 bridgehead atoms. The average Bonchev–Trinajstić information content (AvgIpc) is 2.90. The smallest absolute Gasteiger partial charge is 0.224 e. The van der Waals surface area contributed by atoms with Crippen molar-refractivity contribution in [3.8, 4) is 11.5 Å². The molecule has 1 saturated heterocycles. The molecular weight excluding hydrogens is 338 g/mol. The third-order valence-corrected chi connectivity index (χ3v) is 6.03. The van der Waals surface area contributed by atoms with Crippen molar-refractivity contribution in [1.82, 2.24) is 0 Å². The first-order valence-electron chi connectivity index (χ1n) is 8.24. The molecule has 1 aliphatic rings. The van der Waals surface area contributed by atoms with Gasteiger partial charge in [-0.2, -0.15) is 0 Å². The summed E-state index contributed by atoms with van der Waals surface area (Å²) in [5.41, 5.74) is 1.84. The van der Waals surface area contributed by atoms with Crippen LogP contribution in [0.5, 0.6) is 11.5 Å². The van der Waals surface area contributed by atoms with E-state index in [1.54, 1.807) is 24.3 Å². The van der Waals surface area contributed by atoms with Crippen molar-refractivity contribution < 1.29 is 17.9 Å². The highest BCUT2D eigenvalue weighted by molar-refractivity contribution is 7.91. The quantitative estimate of drug-likeness (QED) is 0.886. The summed E-state index contributed by atoms with van der Waals surface area (Å²) < 4.78 is 28.6. The monoisotopic (exact) mass is 359 g/mol. The SMILES string of the molecule is Cc1ccc(Oc2ccc(NC(=O)C[C@H]3CCS(=O)(=O)C3)cc2)cc1. The first-order chi connectivity index (χ1) is 11.9. The lowest BCUT2D eigenvalue weighted by molar-refractivity contribution is -0.116. The minimum atomic E-state index is -2.95. The van der Waals surface area contributed by atoms with Gasteiger partial charge in [-0.15, -0.1) is 0 Å². The number of anilines is 1. The highest BCUT2D eigenvalue weighted by Crippen LogP contribution is 2.25. The Morgan fingerprint density at radius 1 is 1.08 bits per heavy atom. The first kappa shape index (κ1) is 17.5. The van der Waals surface area contributed by atoms with Crippen LogP contribution in [0.25, 0.3) is 0 Å². The molecule has 3 rings (SSSR count). The number of carbonyl (C=O) groups excluding carboxylic acids is 1. The molecule has 25 heavy (non-hydrogen) atoms. The maximum Gasteiger partial charge on any atom is 0.224 e. The van der Waals surface area contributed by atoms with Gasteiger partial charge in [0.15, 0.2) is 9.84 Å². The zero-order chi connectivity index (χ0) is 17.9. The number of carbonyl (C=O) groups is 1. The number of hydrogen-bond donors (Lipinski definition) is 1. The van der Waals surface area contributed by atoms with Crippen molar-refractivity contribution in [1.29, 1.82) is 0 Å². The Hall–Kier alpha value is -2.34. The first-order valence-corrected chi connectivity index (χ1v) is 10.1. The van der Waals surface area contributed by atoms with Gasteiger partial charge in [0.2, 0.25) is 5.91 Å². The second kappa shape index (κ2) is 7.27. The molecule has 6 heteroatoms. The van der Waals surface area contributed by atoms with Crippen LogP contribution in [-0.2, 0) is 14.6 Å². The number of amides is 1.